The van der Waals surface area contributed by atoms with E-state index in [-0.39, 0.29) is 0 Å². The lowest BCUT2D eigenvalue weighted by Gasteiger charge is -2.39. The van der Waals surface area contributed by atoms with Gasteiger partial charge in [-0.3, -0.25) is 0 Å². The van der Waals surface area contributed by atoms with Crippen LogP contribution in [0.3, 0.4) is 0 Å². The Labute approximate surface area is 129 Å². The number of fused-ring (bicyclic) bond motifs is 1. The third kappa shape index (κ3) is 2.61. The average Bonchev–Trinajstić information content (AvgIpc) is 2.94. The minimum absolute atomic E-state index is 0.363. The molecule has 3 atom stereocenters. The van der Waals surface area contributed by atoms with Crippen molar-refractivity contribution in [2.45, 2.75) is 44.4 Å². The van der Waals surface area contributed by atoms with Crippen LogP contribution >= 0.6 is 15.9 Å². The molecule has 110 valence electrons. The van der Waals surface area contributed by atoms with Gasteiger partial charge in [0.15, 0.2) is 0 Å². The van der Waals surface area contributed by atoms with E-state index in [1.165, 1.54) is 35.0 Å². The molecule has 20 heavy (non-hydrogen) atoms. The molecule has 3 nitrogen and oxygen atoms in total. The number of hydrogen-bond donors (Lipinski definition) is 1. The fourth-order valence-electron chi connectivity index (χ4n) is 3.45. The molecular weight excluding hydrogens is 316 g/mol. The van der Waals surface area contributed by atoms with Gasteiger partial charge in [0, 0.05) is 22.7 Å². The minimum atomic E-state index is 0.363. The Morgan fingerprint density at radius 2 is 2.25 bits per heavy atom. The van der Waals surface area contributed by atoms with Crippen molar-refractivity contribution in [3.8, 4) is 0 Å². The Hall–Kier alpha value is -0.580. The van der Waals surface area contributed by atoms with Crippen molar-refractivity contribution in [1.82, 2.24) is 5.32 Å². The molecule has 1 aromatic carbocycles. The van der Waals surface area contributed by atoms with Gasteiger partial charge in [-0.25, -0.2) is 0 Å². The van der Waals surface area contributed by atoms with Gasteiger partial charge in [0.25, 0.3) is 0 Å². The smallest absolute Gasteiger partial charge is 0.0779 e. The van der Waals surface area contributed by atoms with Gasteiger partial charge in [-0.15, -0.1) is 0 Å². The molecule has 0 radical (unpaired) electrons. The van der Waals surface area contributed by atoms with Gasteiger partial charge < -0.3 is 15.0 Å². The number of halogens is 1. The third-order valence-corrected chi connectivity index (χ3v) is 5.38. The lowest BCUT2D eigenvalue weighted by Crippen LogP contribution is -2.48. The molecule has 0 spiro atoms. The van der Waals surface area contributed by atoms with Crippen molar-refractivity contribution in [2.75, 3.05) is 25.1 Å². The summed E-state index contributed by atoms with van der Waals surface area (Å²) in [5.74, 6) is 0. The van der Waals surface area contributed by atoms with Crippen LogP contribution in [0.4, 0.5) is 5.69 Å². The maximum atomic E-state index is 5.90. The molecule has 4 heteroatoms. The molecule has 3 unspecified atom stereocenters. The van der Waals surface area contributed by atoms with Crippen LogP contribution in [0.5, 0.6) is 0 Å². The second-order valence-corrected chi connectivity index (χ2v) is 6.67. The number of anilines is 1. The lowest BCUT2D eigenvalue weighted by molar-refractivity contribution is 0.0256. The van der Waals surface area contributed by atoms with Crippen molar-refractivity contribution in [3.05, 3.63) is 28.2 Å². The van der Waals surface area contributed by atoms with Crippen LogP contribution in [0.15, 0.2) is 22.7 Å². The zero-order chi connectivity index (χ0) is 14.1. The van der Waals surface area contributed by atoms with Crippen LogP contribution in [-0.2, 0) is 4.74 Å². The first-order chi connectivity index (χ1) is 9.70. The Balaban J connectivity index is 1.85. The van der Waals surface area contributed by atoms with E-state index in [9.17, 15) is 0 Å². The second-order valence-electron chi connectivity index (χ2n) is 5.82. The number of rotatable bonds is 3. The molecular formula is C16H23BrN2O. The zero-order valence-corrected chi connectivity index (χ0v) is 13.8. The van der Waals surface area contributed by atoms with E-state index in [4.69, 9.17) is 4.74 Å². The summed E-state index contributed by atoms with van der Waals surface area (Å²) in [6.07, 6.45) is 4.22. The summed E-state index contributed by atoms with van der Waals surface area (Å²) in [7, 11) is 2.00. The summed E-state index contributed by atoms with van der Waals surface area (Å²) in [5.41, 5.74) is 2.64. The van der Waals surface area contributed by atoms with Crippen molar-refractivity contribution in [2.24, 2.45) is 0 Å². The Bertz CT molecular complexity index is 480. The minimum Gasteiger partial charge on any atom is -0.374 e. The molecule has 2 fully saturated rings. The predicted octanol–water partition coefficient (Wildman–Crippen LogP) is 3.49. The number of morpholine rings is 1. The first kappa shape index (κ1) is 14.4. The summed E-state index contributed by atoms with van der Waals surface area (Å²) >= 11 is 3.73. The molecule has 0 aromatic heterocycles. The standard InChI is InChI=1S/C16H23BrN2O/c1-11(18-2)13-7-6-12(10-14(13)17)19-8-9-20-16-5-3-4-15(16)19/h6-7,10-11,15-16,18H,3-5,8-9H2,1-2H3. The summed E-state index contributed by atoms with van der Waals surface area (Å²) in [5, 5.41) is 3.29. The molecule has 1 heterocycles. The number of nitrogens with one attached hydrogen (secondary N) is 1. The van der Waals surface area contributed by atoms with Crippen molar-refractivity contribution in [3.63, 3.8) is 0 Å². The average molecular weight is 339 g/mol. The highest BCUT2D eigenvalue weighted by molar-refractivity contribution is 9.10. The van der Waals surface area contributed by atoms with Gasteiger partial charge in [-0.1, -0.05) is 22.0 Å². The van der Waals surface area contributed by atoms with Gasteiger partial charge in [0.2, 0.25) is 0 Å². The highest BCUT2D eigenvalue weighted by atomic mass is 79.9. The highest BCUT2D eigenvalue weighted by Gasteiger charge is 2.36. The topological polar surface area (TPSA) is 24.5 Å². The predicted molar refractivity (Wildman–Crippen MR) is 86.3 cm³/mol. The van der Waals surface area contributed by atoms with Gasteiger partial charge in [0.1, 0.15) is 0 Å². The molecule has 3 rings (SSSR count). The van der Waals surface area contributed by atoms with Crippen LogP contribution in [0.25, 0.3) is 0 Å². The van der Waals surface area contributed by atoms with E-state index in [0.29, 0.717) is 18.2 Å². The lowest BCUT2D eigenvalue weighted by atomic mass is 10.1. The maximum absolute atomic E-state index is 5.90. The summed E-state index contributed by atoms with van der Waals surface area (Å²) in [6, 6.07) is 7.70. The molecule has 0 amide bonds. The van der Waals surface area contributed by atoms with Crippen molar-refractivity contribution < 1.29 is 4.74 Å². The zero-order valence-electron chi connectivity index (χ0n) is 12.2. The van der Waals surface area contributed by atoms with Gasteiger partial charge in [0.05, 0.1) is 18.8 Å². The maximum Gasteiger partial charge on any atom is 0.0779 e. The van der Waals surface area contributed by atoms with Gasteiger partial charge in [-0.2, -0.15) is 0 Å². The van der Waals surface area contributed by atoms with Crippen LogP contribution in [0.2, 0.25) is 0 Å². The first-order valence-electron chi connectivity index (χ1n) is 7.55. The quantitative estimate of drug-likeness (QED) is 0.912. The molecule has 1 aliphatic carbocycles. The Kier molecular flexibility index (Phi) is 4.34. The Morgan fingerprint density at radius 3 is 3.00 bits per heavy atom. The highest BCUT2D eigenvalue weighted by Crippen LogP contribution is 2.35. The number of benzene rings is 1. The SMILES string of the molecule is CNC(C)c1ccc(N2CCOC3CCCC32)cc1Br. The van der Waals surface area contributed by atoms with Crippen molar-refractivity contribution in [1.29, 1.82) is 0 Å². The van der Waals surface area contributed by atoms with E-state index in [1.54, 1.807) is 0 Å². The van der Waals surface area contributed by atoms with E-state index in [0.717, 1.165) is 13.2 Å². The molecule has 1 aliphatic heterocycles. The molecule has 1 aromatic rings. The van der Waals surface area contributed by atoms with E-state index >= 15 is 0 Å². The molecule has 1 N–H and O–H groups in total. The fraction of sp³-hybridized carbons (Fsp3) is 0.625. The monoisotopic (exact) mass is 338 g/mol. The summed E-state index contributed by atoms with van der Waals surface area (Å²) in [6.45, 7) is 4.05. The van der Waals surface area contributed by atoms with Crippen LogP contribution in [-0.4, -0.2) is 32.3 Å². The number of ether oxygens (including phenoxy) is 1. The largest absolute Gasteiger partial charge is 0.374 e. The number of hydrogen-bond acceptors (Lipinski definition) is 3. The molecule has 0 bridgehead atoms. The van der Waals surface area contributed by atoms with Gasteiger partial charge in [-0.05, 0) is 50.9 Å². The molecule has 1 saturated heterocycles. The molecule has 2 aliphatic rings. The van der Waals surface area contributed by atoms with Crippen molar-refractivity contribution >= 4 is 21.6 Å². The Morgan fingerprint density at radius 1 is 1.40 bits per heavy atom. The fourth-order valence-corrected chi connectivity index (χ4v) is 4.16. The summed E-state index contributed by atoms with van der Waals surface area (Å²) < 4.78 is 7.09. The number of nitrogens with zero attached hydrogens (tertiary/aromatic N) is 1. The van der Waals surface area contributed by atoms with E-state index in [2.05, 4.69) is 51.3 Å². The third-order valence-electron chi connectivity index (χ3n) is 4.70. The van der Waals surface area contributed by atoms with E-state index in [1.807, 2.05) is 7.05 Å². The first-order valence-corrected chi connectivity index (χ1v) is 8.35. The molecule has 1 saturated carbocycles. The summed E-state index contributed by atoms with van der Waals surface area (Å²) in [4.78, 5) is 2.54. The van der Waals surface area contributed by atoms with Crippen LogP contribution in [0.1, 0.15) is 37.8 Å². The van der Waals surface area contributed by atoms with Crippen LogP contribution < -0.4 is 10.2 Å². The van der Waals surface area contributed by atoms with Gasteiger partial charge >= 0.3 is 0 Å². The second kappa shape index (κ2) is 6.04. The normalized spacial score (nSPS) is 27.4. The van der Waals surface area contributed by atoms with Crippen LogP contribution in [0, 0.1) is 0 Å². The van der Waals surface area contributed by atoms with E-state index < -0.39 is 0 Å².